The van der Waals surface area contributed by atoms with Crippen LogP contribution in [0.4, 0.5) is 0 Å². The van der Waals surface area contributed by atoms with E-state index in [1.54, 1.807) is 7.11 Å². The van der Waals surface area contributed by atoms with Crippen LogP contribution in [0.25, 0.3) is 11.1 Å². The normalized spacial score (nSPS) is 11.3. The topological polar surface area (TPSA) is 47.3 Å². The van der Waals surface area contributed by atoms with Crippen molar-refractivity contribution >= 4 is 24.8 Å². The van der Waals surface area contributed by atoms with E-state index in [0.29, 0.717) is 12.6 Å². The van der Waals surface area contributed by atoms with Gasteiger partial charge in [0, 0.05) is 19.7 Å². The zero-order valence-corrected chi connectivity index (χ0v) is 16.0. The van der Waals surface area contributed by atoms with E-state index in [2.05, 4.69) is 60.8 Å². The van der Waals surface area contributed by atoms with Gasteiger partial charge < -0.3 is 15.8 Å². The number of benzene rings is 2. The Kier molecular flexibility index (Phi) is 11.7. The Hall–Kier alpha value is -1.10. The molecule has 2 aromatic carbocycles. The van der Waals surface area contributed by atoms with Gasteiger partial charge in [-0.1, -0.05) is 42.5 Å². The van der Waals surface area contributed by atoms with Crippen molar-refractivity contribution in [3.63, 3.8) is 0 Å². The third-order valence-corrected chi connectivity index (χ3v) is 3.72. The Balaban J connectivity index is 0.00000264. The first-order valence-electron chi connectivity index (χ1n) is 7.83. The largest absolute Gasteiger partial charge is 0.383 e. The molecular formula is C19H28Cl2N2O. The molecule has 0 spiro atoms. The molecule has 2 aromatic rings. The minimum absolute atomic E-state index is 0. The van der Waals surface area contributed by atoms with E-state index in [-0.39, 0.29) is 24.8 Å². The van der Waals surface area contributed by atoms with Crippen LogP contribution in [-0.2, 0) is 17.7 Å². The predicted molar refractivity (Wildman–Crippen MR) is 107 cm³/mol. The predicted octanol–water partition coefficient (Wildman–Crippen LogP) is 3.82. The molecular weight excluding hydrogens is 343 g/mol. The fourth-order valence-corrected chi connectivity index (χ4v) is 2.49. The number of nitrogens with one attached hydrogen (secondary N) is 1. The van der Waals surface area contributed by atoms with E-state index in [1.807, 2.05) is 0 Å². The zero-order valence-electron chi connectivity index (χ0n) is 14.3. The van der Waals surface area contributed by atoms with Gasteiger partial charge in [-0.05, 0) is 48.2 Å². The fourth-order valence-electron chi connectivity index (χ4n) is 2.49. The summed E-state index contributed by atoms with van der Waals surface area (Å²) >= 11 is 0. The molecule has 0 saturated heterocycles. The summed E-state index contributed by atoms with van der Waals surface area (Å²) in [6.07, 6.45) is 0.932. The lowest BCUT2D eigenvalue weighted by molar-refractivity contribution is 0.171. The van der Waals surface area contributed by atoms with Crippen molar-refractivity contribution in [3.05, 3.63) is 59.7 Å². The molecule has 0 amide bonds. The van der Waals surface area contributed by atoms with E-state index in [9.17, 15) is 0 Å². The van der Waals surface area contributed by atoms with Crippen molar-refractivity contribution < 1.29 is 4.74 Å². The molecule has 0 aliphatic carbocycles. The molecule has 1 atom stereocenters. The molecule has 24 heavy (non-hydrogen) atoms. The summed E-state index contributed by atoms with van der Waals surface area (Å²) in [6.45, 7) is 4.40. The highest BCUT2D eigenvalue weighted by Crippen LogP contribution is 2.21. The average molecular weight is 371 g/mol. The van der Waals surface area contributed by atoms with Gasteiger partial charge in [-0.2, -0.15) is 0 Å². The van der Waals surface area contributed by atoms with Gasteiger partial charge in [-0.15, -0.1) is 24.8 Å². The number of hydrogen-bond donors (Lipinski definition) is 2. The van der Waals surface area contributed by atoms with E-state index >= 15 is 0 Å². The van der Waals surface area contributed by atoms with Gasteiger partial charge in [0.1, 0.15) is 0 Å². The fraction of sp³-hybridized carbons (Fsp3) is 0.368. The third-order valence-electron chi connectivity index (χ3n) is 3.72. The highest BCUT2D eigenvalue weighted by molar-refractivity contribution is 5.85. The van der Waals surface area contributed by atoms with Gasteiger partial charge in [0.15, 0.2) is 0 Å². The molecule has 3 N–H and O–H groups in total. The molecule has 0 bridgehead atoms. The van der Waals surface area contributed by atoms with E-state index in [1.165, 1.54) is 22.3 Å². The van der Waals surface area contributed by atoms with Gasteiger partial charge in [0.25, 0.3) is 0 Å². The third kappa shape index (κ3) is 7.20. The molecule has 0 fully saturated rings. The molecule has 5 heteroatoms. The quantitative estimate of drug-likeness (QED) is 0.742. The summed E-state index contributed by atoms with van der Waals surface area (Å²) in [6, 6.07) is 17.7. The van der Waals surface area contributed by atoms with Crippen LogP contribution in [0.3, 0.4) is 0 Å². The zero-order chi connectivity index (χ0) is 15.8. The summed E-state index contributed by atoms with van der Waals surface area (Å²) in [5, 5.41) is 3.47. The Labute approximate surface area is 157 Å². The van der Waals surface area contributed by atoms with Crippen LogP contribution in [0.15, 0.2) is 48.5 Å². The van der Waals surface area contributed by atoms with E-state index in [0.717, 1.165) is 19.6 Å². The number of hydrogen-bond acceptors (Lipinski definition) is 3. The Morgan fingerprint density at radius 1 is 1.00 bits per heavy atom. The molecule has 0 aromatic heterocycles. The second-order valence-corrected chi connectivity index (χ2v) is 5.67. The van der Waals surface area contributed by atoms with Crippen LogP contribution in [0.1, 0.15) is 18.1 Å². The lowest BCUT2D eigenvalue weighted by atomic mass is 10.0. The number of nitrogens with two attached hydrogens (primary N) is 1. The van der Waals surface area contributed by atoms with Crippen molar-refractivity contribution in [1.82, 2.24) is 5.32 Å². The first kappa shape index (κ1) is 22.9. The molecule has 1 unspecified atom stereocenters. The van der Waals surface area contributed by atoms with Gasteiger partial charge in [-0.25, -0.2) is 0 Å². The summed E-state index contributed by atoms with van der Waals surface area (Å²) in [5.41, 5.74) is 10.7. The Bertz CT molecular complexity index is 576. The summed E-state index contributed by atoms with van der Waals surface area (Å²) in [4.78, 5) is 0. The molecule has 2 rings (SSSR count). The van der Waals surface area contributed by atoms with Crippen molar-refractivity contribution in [3.8, 4) is 11.1 Å². The second-order valence-electron chi connectivity index (χ2n) is 5.67. The van der Waals surface area contributed by atoms with E-state index in [4.69, 9.17) is 10.5 Å². The SMILES string of the molecule is COCC(C)NCc1cccc(-c2ccc(CCN)cc2)c1.Cl.Cl. The van der Waals surface area contributed by atoms with Gasteiger partial charge in [-0.3, -0.25) is 0 Å². The standard InChI is InChI=1S/C19H26N2O.2ClH/c1-15(14-22-2)21-13-17-4-3-5-19(12-17)18-8-6-16(7-9-18)10-11-20;;/h3-9,12,15,21H,10-11,13-14,20H2,1-2H3;2*1H. The monoisotopic (exact) mass is 370 g/mol. The molecule has 0 aliphatic heterocycles. The average Bonchev–Trinajstić information content (AvgIpc) is 2.55. The van der Waals surface area contributed by atoms with Crippen LogP contribution in [0, 0.1) is 0 Å². The molecule has 0 saturated carbocycles. The second kappa shape index (κ2) is 12.3. The molecule has 0 aliphatic rings. The van der Waals surface area contributed by atoms with E-state index < -0.39 is 0 Å². The van der Waals surface area contributed by atoms with Crippen molar-refractivity contribution in [2.24, 2.45) is 5.73 Å². The molecule has 0 heterocycles. The number of methoxy groups -OCH3 is 1. The maximum atomic E-state index is 5.59. The highest BCUT2D eigenvalue weighted by Gasteiger charge is 2.03. The van der Waals surface area contributed by atoms with Crippen molar-refractivity contribution in [1.29, 1.82) is 0 Å². The Morgan fingerprint density at radius 2 is 1.71 bits per heavy atom. The first-order valence-corrected chi connectivity index (χ1v) is 7.83. The van der Waals surface area contributed by atoms with Crippen molar-refractivity contribution in [2.45, 2.75) is 25.9 Å². The summed E-state index contributed by atoms with van der Waals surface area (Å²) < 4.78 is 5.14. The van der Waals surface area contributed by atoms with Gasteiger partial charge in [0.2, 0.25) is 0 Å². The minimum Gasteiger partial charge on any atom is -0.383 e. The van der Waals surface area contributed by atoms with Crippen molar-refractivity contribution in [2.75, 3.05) is 20.3 Å². The number of ether oxygens (including phenoxy) is 1. The van der Waals surface area contributed by atoms with Crippen LogP contribution in [-0.4, -0.2) is 26.3 Å². The number of rotatable bonds is 8. The minimum atomic E-state index is 0. The lowest BCUT2D eigenvalue weighted by Crippen LogP contribution is -2.29. The number of halogens is 2. The van der Waals surface area contributed by atoms with Gasteiger partial charge in [0.05, 0.1) is 6.61 Å². The van der Waals surface area contributed by atoms with Crippen LogP contribution < -0.4 is 11.1 Å². The summed E-state index contributed by atoms with van der Waals surface area (Å²) in [7, 11) is 1.73. The first-order chi connectivity index (χ1) is 10.7. The van der Waals surface area contributed by atoms with Crippen LogP contribution >= 0.6 is 24.8 Å². The smallest absolute Gasteiger partial charge is 0.0613 e. The van der Waals surface area contributed by atoms with Gasteiger partial charge >= 0.3 is 0 Å². The van der Waals surface area contributed by atoms with Crippen LogP contribution in [0.5, 0.6) is 0 Å². The highest BCUT2D eigenvalue weighted by atomic mass is 35.5. The summed E-state index contributed by atoms with van der Waals surface area (Å²) in [5.74, 6) is 0. The molecule has 3 nitrogen and oxygen atoms in total. The molecule has 0 radical (unpaired) electrons. The Morgan fingerprint density at radius 3 is 2.33 bits per heavy atom. The van der Waals surface area contributed by atoms with Crippen LogP contribution in [0.2, 0.25) is 0 Å². The lowest BCUT2D eigenvalue weighted by Gasteiger charge is -2.13. The maximum absolute atomic E-state index is 5.59. The maximum Gasteiger partial charge on any atom is 0.0613 e. The molecule has 134 valence electrons.